The van der Waals surface area contributed by atoms with Gasteiger partial charge in [-0.1, -0.05) is 18.2 Å². The Hall–Kier alpha value is -2.51. The molecule has 0 aliphatic carbocycles. The Bertz CT molecular complexity index is 864. The van der Waals surface area contributed by atoms with Gasteiger partial charge < -0.3 is 5.32 Å². The van der Waals surface area contributed by atoms with Crippen molar-refractivity contribution in [3.05, 3.63) is 68.4 Å². The van der Waals surface area contributed by atoms with Crippen molar-refractivity contribution < 1.29 is 9.59 Å². The van der Waals surface area contributed by atoms with Crippen LogP contribution < -0.4 is 10.6 Å². The van der Waals surface area contributed by atoms with Gasteiger partial charge in [0.1, 0.15) is 0 Å². The number of hydrogen-bond acceptors (Lipinski definition) is 5. The molecular formula is C18H17N3O2S2. The maximum absolute atomic E-state index is 12.3. The average molecular weight is 371 g/mol. The average Bonchev–Trinajstić information content (AvgIpc) is 3.24. The fourth-order valence-electron chi connectivity index (χ4n) is 2.15. The van der Waals surface area contributed by atoms with E-state index in [2.05, 4.69) is 15.6 Å². The number of hydrogen-bond donors (Lipinski definition) is 2. The summed E-state index contributed by atoms with van der Waals surface area (Å²) in [7, 11) is 0. The van der Waals surface area contributed by atoms with Gasteiger partial charge >= 0.3 is 0 Å². The van der Waals surface area contributed by atoms with E-state index in [1.165, 1.54) is 22.7 Å². The number of carbonyl (C=O) groups is 2. The van der Waals surface area contributed by atoms with E-state index < -0.39 is 0 Å². The van der Waals surface area contributed by atoms with Gasteiger partial charge in [-0.15, -0.1) is 22.7 Å². The molecule has 0 aliphatic rings. The van der Waals surface area contributed by atoms with Crippen molar-refractivity contribution in [3.8, 4) is 0 Å². The van der Waals surface area contributed by atoms with Crippen molar-refractivity contribution in [2.24, 2.45) is 0 Å². The second-order valence-corrected chi connectivity index (χ2v) is 7.62. The Morgan fingerprint density at radius 1 is 1.08 bits per heavy atom. The van der Waals surface area contributed by atoms with Crippen LogP contribution in [0.1, 0.15) is 36.2 Å². The van der Waals surface area contributed by atoms with E-state index in [0.29, 0.717) is 22.1 Å². The van der Waals surface area contributed by atoms with Gasteiger partial charge in [0, 0.05) is 17.0 Å². The van der Waals surface area contributed by atoms with Crippen molar-refractivity contribution >= 4 is 39.6 Å². The van der Waals surface area contributed by atoms with Gasteiger partial charge in [-0.3, -0.25) is 14.9 Å². The zero-order valence-electron chi connectivity index (χ0n) is 13.8. The minimum atomic E-state index is -0.192. The van der Waals surface area contributed by atoms with Crippen LogP contribution in [-0.4, -0.2) is 16.8 Å². The van der Waals surface area contributed by atoms with Crippen LogP contribution in [0.15, 0.2) is 41.8 Å². The van der Waals surface area contributed by atoms with E-state index in [4.69, 9.17) is 0 Å². The summed E-state index contributed by atoms with van der Waals surface area (Å²) < 4.78 is 0. The van der Waals surface area contributed by atoms with Crippen LogP contribution in [-0.2, 0) is 6.54 Å². The number of nitrogens with one attached hydrogen (secondary N) is 2. The van der Waals surface area contributed by atoms with E-state index in [-0.39, 0.29) is 11.8 Å². The molecule has 3 rings (SSSR count). The lowest BCUT2D eigenvalue weighted by atomic mass is 10.1. The van der Waals surface area contributed by atoms with Crippen LogP contribution in [0.25, 0.3) is 0 Å². The Labute approximate surface area is 153 Å². The van der Waals surface area contributed by atoms with E-state index in [9.17, 15) is 9.59 Å². The molecule has 2 aromatic heterocycles. The van der Waals surface area contributed by atoms with Crippen molar-refractivity contribution in [1.29, 1.82) is 0 Å². The third-order valence-corrected chi connectivity index (χ3v) is 5.52. The number of aryl methyl sites for hydroxylation is 2. The van der Waals surface area contributed by atoms with E-state index >= 15 is 0 Å². The number of anilines is 1. The predicted octanol–water partition coefficient (Wildman–Crippen LogP) is 4.00. The molecule has 3 aromatic rings. The van der Waals surface area contributed by atoms with Gasteiger partial charge in [0.05, 0.1) is 10.6 Å². The summed E-state index contributed by atoms with van der Waals surface area (Å²) in [4.78, 5) is 30.3. The number of amides is 2. The summed E-state index contributed by atoms with van der Waals surface area (Å²) in [5.41, 5.74) is 2.42. The highest BCUT2D eigenvalue weighted by Gasteiger charge is 2.10. The molecule has 128 valence electrons. The second kappa shape index (κ2) is 7.58. The van der Waals surface area contributed by atoms with Gasteiger partial charge in [-0.05, 0) is 43.0 Å². The van der Waals surface area contributed by atoms with E-state index in [1.807, 2.05) is 37.4 Å². The lowest BCUT2D eigenvalue weighted by molar-refractivity contribution is 0.0953. The molecule has 0 saturated carbocycles. The molecule has 0 aliphatic heterocycles. The van der Waals surface area contributed by atoms with Gasteiger partial charge in [0.15, 0.2) is 5.13 Å². The molecule has 0 bridgehead atoms. The van der Waals surface area contributed by atoms with Crippen LogP contribution in [0.2, 0.25) is 0 Å². The Morgan fingerprint density at radius 3 is 2.44 bits per heavy atom. The summed E-state index contributed by atoms with van der Waals surface area (Å²) in [6.45, 7) is 4.31. The minimum Gasteiger partial charge on any atom is -0.347 e. The molecule has 0 saturated heterocycles. The molecule has 25 heavy (non-hydrogen) atoms. The molecule has 1 aromatic carbocycles. The normalized spacial score (nSPS) is 10.5. The van der Waals surface area contributed by atoms with Crippen LogP contribution in [0.3, 0.4) is 0 Å². The number of thiophene rings is 1. The molecule has 2 amide bonds. The monoisotopic (exact) mass is 371 g/mol. The van der Waals surface area contributed by atoms with Crippen LogP contribution >= 0.6 is 22.7 Å². The molecule has 0 spiro atoms. The lowest BCUT2D eigenvalue weighted by Gasteiger charge is -2.06. The third kappa shape index (κ3) is 4.32. The number of carbonyl (C=O) groups excluding carboxylic acids is 2. The highest BCUT2D eigenvalue weighted by molar-refractivity contribution is 7.15. The first-order valence-electron chi connectivity index (χ1n) is 7.69. The van der Waals surface area contributed by atoms with Gasteiger partial charge in [-0.2, -0.15) is 0 Å². The standard InChI is InChI=1S/C18H17N3O2S2/c1-11-12(2)25-18(20-11)21-16(22)14-7-5-13(6-8-14)10-19-17(23)15-4-3-9-24-15/h3-9H,10H2,1-2H3,(H,19,23)(H,20,21,22). The summed E-state index contributed by atoms with van der Waals surface area (Å²) in [6.07, 6.45) is 0. The molecule has 7 heteroatoms. The predicted molar refractivity (Wildman–Crippen MR) is 101 cm³/mol. The van der Waals surface area contributed by atoms with Crippen LogP contribution in [0.4, 0.5) is 5.13 Å². The van der Waals surface area contributed by atoms with Crippen molar-refractivity contribution in [1.82, 2.24) is 10.3 Å². The van der Waals surface area contributed by atoms with E-state index in [1.54, 1.807) is 18.2 Å². The number of rotatable bonds is 5. The third-order valence-electron chi connectivity index (χ3n) is 3.66. The fourth-order valence-corrected chi connectivity index (χ4v) is 3.60. The first kappa shape index (κ1) is 17.3. The highest BCUT2D eigenvalue weighted by Crippen LogP contribution is 2.21. The van der Waals surface area contributed by atoms with Crippen molar-refractivity contribution in [2.45, 2.75) is 20.4 Å². The maximum atomic E-state index is 12.3. The Balaban J connectivity index is 1.57. The largest absolute Gasteiger partial charge is 0.347 e. The number of benzene rings is 1. The van der Waals surface area contributed by atoms with Gasteiger partial charge in [0.2, 0.25) is 0 Å². The molecule has 2 heterocycles. The first-order chi connectivity index (χ1) is 12.0. The lowest BCUT2D eigenvalue weighted by Crippen LogP contribution is -2.21. The summed E-state index contributed by atoms with van der Waals surface area (Å²) in [6, 6.07) is 10.8. The van der Waals surface area contributed by atoms with Crippen molar-refractivity contribution in [3.63, 3.8) is 0 Å². The highest BCUT2D eigenvalue weighted by atomic mass is 32.1. The fraction of sp³-hybridized carbons (Fsp3) is 0.167. The number of aromatic nitrogens is 1. The van der Waals surface area contributed by atoms with Crippen molar-refractivity contribution in [2.75, 3.05) is 5.32 Å². The molecule has 0 atom stereocenters. The number of thiazole rings is 1. The smallest absolute Gasteiger partial charge is 0.261 e. The SMILES string of the molecule is Cc1nc(NC(=O)c2ccc(CNC(=O)c3cccs3)cc2)sc1C. The second-order valence-electron chi connectivity index (χ2n) is 5.47. The molecule has 0 unspecified atom stereocenters. The van der Waals surface area contributed by atoms with Gasteiger partial charge in [-0.25, -0.2) is 4.98 Å². The summed E-state index contributed by atoms with van der Waals surface area (Å²) in [5, 5.41) is 8.14. The molecule has 0 fully saturated rings. The molecule has 5 nitrogen and oxygen atoms in total. The topological polar surface area (TPSA) is 71.1 Å². The van der Waals surface area contributed by atoms with E-state index in [0.717, 1.165) is 16.1 Å². The molecular weight excluding hydrogens is 354 g/mol. The number of nitrogens with zero attached hydrogens (tertiary/aromatic N) is 1. The van der Waals surface area contributed by atoms with Crippen LogP contribution in [0, 0.1) is 13.8 Å². The first-order valence-corrected chi connectivity index (χ1v) is 9.38. The minimum absolute atomic E-state index is 0.0914. The quantitative estimate of drug-likeness (QED) is 0.712. The van der Waals surface area contributed by atoms with Crippen LogP contribution in [0.5, 0.6) is 0 Å². The molecule has 2 N–H and O–H groups in total. The van der Waals surface area contributed by atoms with Gasteiger partial charge in [0.25, 0.3) is 11.8 Å². The summed E-state index contributed by atoms with van der Waals surface area (Å²) in [5.74, 6) is -0.283. The summed E-state index contributed by atoms with van der Waals surface area (Å²) >= 11 is 2.87. The Kier molecular flexibility index (Phi) is 5.25. The maximum Gasteiger partial charge on any atom is 0.261 e. The molecule has 0 radical (unpaired) electrons. The zero-order chi connectivity index (χ0) is 17.8. The zero-order valence-corrected chi connectivity index (χ0v) is 15.5. The Morgan fingerprint density at radius 2 is 1.84 bits per heavy atom.